The Balaban J connectivity index is 1.66. The first-order valence-electron chi connectivity index (χ1n) is 6.62. The number of ether oxygens (including phenoxy) is 3. The van der Waals surface area contributed by atoms with Crippen LogP contribution < -0.4 is 4.74 Å². The van der Waals surface area contributed by atoms with Crippen LogP contribution in [0.25, 0.3) is 6.08 Å². The lowest BCUT2D eigenvalue weighted by Gasteiger charge is -2.20. The minimum atomic E-state index is -0.475. The Morgan fingerprint density at radius 3 is 3.14 bits per heavy atom. The lowest BCUT2D eigenvalue weighted by molar-refractivity contribution is -0.139. The predicted molar refractivity (Wildman–Crippen MR) is 79.3 cm³/mol. The Labute approximate surface area is 132 Å². The highest BCUT2D eigenvalue weighted by Gasteiger charge is 2.17. The molecule has 5 nitrogen and oxygen atoms in total. The van der Waals surface area contributed by atoms with E-state index in [0.717, 1.165) is 5.56 Å². The fourth-order valence-corrected chi connectivity index (χ4v) is 2.36. The Bertz CT molecular complexity index is 691. The molecule has 1 aliphatic rings. The van der Waals surface area contributed by atoms with Crippen molar-refractivity contribution in [1.82, 2.24) is 0 Å². The molecular formula is C16H13ClO5. The molecular weight excluding hydrogens is 308 g/mol. The second kappa shape index (κ2) is 6.68. The number of hydrogen-bond donors (Lipinski definition) is 0. The Kier molecular flexibility index (Phi) is 4.46. The van der Waals surface area contributed by atoms with Gasteiger partial charge in [-0.1, -0.05) is 11.6 Å². The van der Waals surface area contributed by atoms with E-state index in [1.54, 1.807) is 30.3 Å². The molecule has 0 radical (unpaired) electrons. The van der Waals surface area contributed by atoms with Crippen LogP contribution in [0.4, 0.5) is 0 Å². The largest absolute Gasteiger partial charge is 0.467 e. The molecule has 0 saturated heterocycles. The molecule has 0 aliphatic carbocycles. The van der Waals surface area contributed by atoms with Crippen molar-refractivity contribution in [3.63, 3.8) is 0 Å². The first-order chi connectivity index (χ1) is 10.7. The van der Waals surface area contributed by atoms with Crippen LogP contribution in [0, 0.1) is 0 Å². The summed E-state index contributed by atoms with van der Waals surface area (Å²) >= 11 is 6.05. The fraction of sp³-hybridized carbons (Fsp3) is 0.188. The second-order valence-electron chi connectivity index (χ2n) is 4.62. The molecule has 1 aromatic heterocycles. The van der Waals surface area contributed by atoms with Crippen LogP contribution >= 0.6 is 11.6 Å². The summed E-state index contributed by atoms with van der Waals surface area (Å²) in [5, 5.41) is 0.546. The number of halogens is 1. The molecule has 1 aromatic carbocycles. The van der Waals surface area contributed by atoms with E-state index < -0.39 is 5.97 Å². The number of benzene rings is 1. The third-order valence-corrected chi connectivity index (χ3v) is 3.27. The van der Waals surface area contributed by atoms with Crippen molar-refractivity contribution in [2.75, 3.05) is 6.79 Å². The highest BCUT2D eigenvalue weighted by molar-refractivity contribution is 6.30. The number of carbonyl (C=O) groups is 1. The summed E-state index contributed by atoms with van der Waals surface area (Å²) in [6, 6.07) is 6.97. The van der Waals surface area contributed by atoms with Gasteiger partial charge in [0.15, 0.2) is 6.79 Å². The summed E-state index contributed by atoms with van der Waals surface area (Å²) < 4.78 is 20.9. The third kappa shape index (κ3) is 3.50. The highest BCUT2D eigenvalue weighted by atomic mass is 35.5. The molecule has 0 unspecified atom stereocenters. The van der Waals surface area contributed by atoms with Crippen LogP contribution in [0.1, 0.15) is 16.9 Å². The standard InChI is InChI=1S/C16H13ClO5/c17-13-6-11-8-19-10-22-16(11)12(7-13)9-21-15(18)4-3-14-2-1-5-20-14/h1-7H,8-10H2/b4-3+. The molecule has 0 bridgehead atoms. The van der Waals surface area contributed by atoms with Gasteiger partial charge in [-0.15, -0.1) is 0 Å². The van der Waals surface area contributed by atoms with Gasteiger partial charge in [-0.25, -0.2) is 4.79 Å². The van der Waals surface area contributed by atoms with E-state index in [1.807, 2.05) is 0 Å². The minimum absolute atomic E-state index is 0.0736. The molecule has 0 saturated carbocycles. The molecule has 0 fully saturated rings. The topological polar surface area (TPSA) is 57.9 Å². The zero-order valence-corrected chi connectivity index (χ0v) is 12.3. The van der Waals surface area contributed by atoms with Crippen LogP contribution in [-0.4, -0.2) is 12.8 Å². The molecule has 22 heavy (non-hydrogen) atoms. The summed E-state index contributed by atoms with van der Waals surface area (Å²) in [6.45, 7) is 0.674. The Morgan fingerprint density at radius 2 is 2.32 bits per heavy atom. The van der Waals surface area contributed by atoms with E-state index in [2.05, 4.69) is 0 Å². The lowest BCUT2D eigenvalue weighted by Crippen LogP contribution is -2.14. The van der Waals surface area contributed by atoms with Crippen molar-refractivity contribution >= 4 is 23.6 Å². The van der Waals surface area contributed by atoms with Gasteiger partial charge in [-0.2, -0.15) is 0 Å². The van der Waals surface area contributed by atoms with Gasteiger partial charge >= 0.3 is 5.97 Å². The van der Waals surface area contributed by atoms with Crippen molar-refractivity contribution in [1.29, 1.82) is 0 Å². The van der Waals surface area contributed by atoms with Gasteiger partial charge < -0.3 is 18.6 Å². The minimum Gasteiger partial charge on any atom is -0.467 e. The van der Waals surface area contributed by atoms with Crippen LogP contribution in [0.2, 0.25) is 5.02 Å². The average Bonchev–Trinajstić information content (AvgIpc) is 3.04. The third-order valence-electron chi connectivity index (χ3n) is 3.05. The number of furan rings is 1. The van der Waals surface area contributed by atoms with E-state index in [0.29, 0.717) is 28.7 Å². The zero-order valence-electron chi connectivity index (χ0n) is 11.6. The molecule has 0 amide bonds. The number of fused-ring (bicyclic) bond motifs is 1. The van der Waals surface area contributed by atoms with Gasteiger partial charge in [0.1, 0.15) is 18.1 Å². The van der Waals surface area contributed by atoms with Crippen LogP contribution in [-0.2, 0) is 27.5 Å². The first-order valence-corrected chi connectivity index (χ1v) is 7.00. The van der Waals surface area contributed by atoms with Gasteiger partial charge in [0.05, 0.1) is 12.9 Å². The molecule has 6 heteroatoms. The Hall–Kier alpha value is -2.24. The van der Waals surface area contributed by atoms with E-state index >= 15 is 0 Å². The summed E-state index contributed by atoms with van der Waals surface area (Å²) in [5.41, 5.74) is 1.56. The van der Waals surface area contributed by atoms with Crippen molar-refractivity contribution in [3.8, 4) is 5.75 Å². The number of rotatable bonds is 4. The highest BCUT2D eigenvalue weighted by Crippen LogP contribution is 2.32. The molecule has 114 valence electrons. The van der Waals surface area contributed by atoms with Gasteiger partial charge in [0.2, 0.25) is 0 Å². The summed E-state index contributed by atoms with van der Waals surface area (Å²) in [5.74, 6) is 0.771. The van der Waals surface area contributed by atoms with Crippen molar-refractivity contribution in [3.05, 3.63) is 58.5 Å². The molecule has 0 atom stereocenters. The maximum Gasteiger partial charge on any atom is 0.331 e. The van der Waals surface area contributed by atoms with E-state index in [9.17, 15) is 4.79 Å². The van der Waals surface area contributed by atoms with E-state index in [-0.39, 0.29) is 13.4 Å². The van der Waals surface area contributed by atoms with Crippen LogP contribution in [0.3, 0.4) is 0 Å². The lowest BCUT2D eigenvalue weighted by atomic mass is 10.1. The normalized spacial score (nSPS) is 13.7. The van der Waals surface area contributed by atoms with Gasteiger partial charge in [-0.05, 0) is 30.3 Å². The van der Waals surface area contributed by atoms with E-state index in [1.165, 1.54) is 12.3 Å². The number of hydrogen-bond acceptors (Lipinski definition) is 5. The van der Waals surface area contributed by atoms with Crippen molar-refractivity contribution in [2.24, 2.45) is 0 Å². The molecule has 0 spiro atoms. The van der Waals surface area contributed by atoms with E-state index in [4.69, 9.17) is 30.2 Å². The van der Waals surface area contributed by atoms with Crippen molar-refractivity contribution in [2.45, 2.75) is 13.2 Å². The maximum atomic E-state index is 11.7. The summed E-state index contributed by atoms with van der Waals surface area (Å²) in [4.78, 5) is 11.7. The van der Waals surface area contributed by atoms with Crippen LogP contribution in [0.15, 0.2) is 41.0 Å². The molecule has 1 aliphatic heterocycles. The number of esters is 1. The summed E-state index contributed by atoms with van der Waals surface area (Å²) in [6.07, 6.45) is 4.38. The van der Waals surface area contributed by atoms with Gasteiger partial charge in [-0.3, -0.25) is 0 Å². The molecule has 2 heterocycles. The van der Waals surface area contributed by atoms with Crippen molar-refractivity contribution < 1.29 is 23.4 Å². The smallest absolute Gasteiger partial charge is 0.331 e. The molecule has 2 aromatic rings. The monoisotopic (exact) mass is 320 g/mol. The Morgan fingerprint density at radius 1 is 1.41 bits per heavy atom. The van der Waals surface area contributed by atoms with Gasteiger partial charge in [0, 0.05) is 22.2 Å². The second-order valence-corrected chi connectivity index (χ2v) is 5.06. The predicted octanol–water partition coefficient (Wildman–Crippen LogP) is 3.56. The average molecular weight is 321 g/mol. The van der Waals surface area contributed by atoms with Crippen LogP contribution in [0.5, 0.6) is 5.75 Å². The fourth-order valence-electron chi connectivity index (χ4n) is 2.10. The first kappa shape index (κ1) is 14.7. The molecule has 3 rings (SSSR count). The quantitative estimate of drug-likeness (QED) is 0.637. The zero-order chi connectivity index (χ0) is 15.4. The molecule has 0 N–H and O–H groups in total. The maximum absolute atomic E-state index is 11.7. The number of carbonyl (C=O) groups excluding carboxylic acids is 1. The SMILES string of the molecule is O=C(/C=C/c1ccco1)OCc1cc(Cl)cc2c1OCOC2. The summed E-state index contributed by atoms with van der Waals surface area (Å²) in [7, 11) is 0. The van der Waals surface area contributed by atoms with Gasteiger partial charge in [0.25, 0.3) is 0 Å².